The zero-order chi connectivity index (χ0) is 13.0. The van der Waals surface area contributed by atoms with Gasteiger partial charge in [0.05, 0.1) is 11.6 Å². The third-order valence-electron chi connectivity index (χ3n) is 3.39. The minimum Gasteiger partial charge on any atom is -0.386 e. The molecule has 1 unspecified atom stereocenters. The zero-order valence-corrected chi connectivity index (χ0v) is 11.5. The van der Waals surface area contributed by atoms with Gasteiger partial charge in [0.1, 0.15) is 5.84 Å². The van der Waals surface area contributed by atoms with Crippen molar-refractivity contribution in [2.24, 2.45) is 10.7 Å². The molecule has 0 spiro atoms. The highest BCUT2D eigenvalue weighted by Crippen LogP contribution is 2.26. The van der Waals surface area contributed by atoms with E-state index in [1.54, 1.807) is 0 Å². The van der Waals surface area contributed by atoms with Gasteiger partial charge in [-0.2, -0.15) is 0 Å². The number of aliphatic imine (C=N–C) groups is 1. The van der Waals surface area contributed by atoms with Crippen molar-refractivity contribution in [3.63, 3.8) is 0 Å². The standard InChI is InChI=1S/C14H20ClN3/c1-11-4-2-3-9-18(11)13-7-5-12(6-8-13)17-14(16)10-15/h5-8,11H,2-4,9-10H2,1H3,(H2,16,17). The number of alkyl halides is 1. The summed E-state index contributed by atoms with van der Waals surface area (Å²) in [5.41, 5.74) is 7.75. The lowest BCUT2D eigenvalue weighted by Crippen LogP contribution is -2.37. The van der Waals surface area contributed by atoms with Gasteiger partial charge in [-0.1, -0.05) is 0 Å². The molecular weight excluding hydrogens is 246 g/mol. The molecule has 2 N–H and O–H groups in total. The van der Waals surface area contributed by atoms with E-state index in [0.29, 0.717) is 11.9 Å². The Hall–Kier alpha value is -1.22. The first-order valence-electron chi connectivity index (χ1n) is 6.46. The SMILES string of the molecule is CC1CCCCN1c1ccc(N=C(N)CCl)cc1. The van der Waals surface area contributed by atoms with E-state index >= 15 is 0 Å². The number of rotatable bonds is 3. The first-order valence-corrected chi connectivity index (χ1v) is 7.00. The van der Waals surface area contributed by atoms with Crippen molar-refractivity contribution in [3.05, 3.63) is 24.3 Å². The molecule has 98 valence electrons. The summed E-state index contributed by atoms with van der Waals surface area (Å²) in [4.78, 5) is 6.69. The predicted molar refractivity (Wildman–Crippen MR) is 79.1 cm³/mol. The van der Waals surface area contributed by atoms with Crippen molar-refractivity contribution in [1.82, 2.24) is 0 Å². The van der Waals surface area contributed by atoms with E-state index < -0.39 is 0 Å². The molecule has 1 aromatic carbocycles. The molecule has 1 aliphatic heterocycles. The molecule has 1 fully saturated rings. The Bertz CT molecular complexity index is 414. The first-order chi connectivity index (χ1) is 8.70. The van der Waals surface area contributed by atoms with E-state index in [1.165, 1.54) is 24.9 Å². The molecule has 3 nitrogen and oxygen atoms in total. The fourth-order valence-electron chi connectivity index (χ4n) is 2.40. The summed E-state index contributed by atoms with van der Waals surface area (Å²) in [7, 11) is 0. The highest BCUT2D eigenvalue weighted by atomic mass is 35.5. The molecule has 1 heterocycles. The van der Waals surface area contributed by atoms with Crippen LogP contribution in [-0.4, -0.2) is 24.3 Å². The Kier molecular flexibility index (Phi) is 4.48. The number of benzene rings is 1. The highest BCUT2D eigenvalue weighted by Gasteiger charge is 2.18. The van der Waals surface area contributed by atoms with E-state index in [2.05, 4.69) is 28.9 Å². The topological polar surface area (TPSA) is 41.6 Å². The van der Waals surface area contributed by atoms with E-state index in [1.807, 2.05) is 12.1 Å². The number of hydrogen-bond donors (Lipinski definition) is 1. The Morgan fingerprint density at radius 3 is 2.72 bits per heavy atom. The van der Waals surface area contributed by atoms with Crippen LogP contribution in [0, 0.1) is 0 Å². The molecule has 1 saturated heterocycles. The average molecular weight is 266 g/mol. The van der Waals surface area contributed by atoms with Gasteiger partial charge in [0.25, 0.3) is 0 Å². The summed E-state index contributed by atoms with van der Waals surface area (Å²) in [5.74, 6) is 0.723. The van der Waals surface area contributed by atoms with Crippen LogP contribution < -0.4 is 10.6 Å². The lowest BCUT2D eigenvalue weighted by atomic mass is 10.0. The van der Waals surface area contributed by atoms with E-state index in [0.717, 1.165) is 12.2 Å². The smallest absolute Gasteiger partial charge is 0.115 e. The van der Waals surface area contributed by atoms with Crippen LogP contribution in [0.15, 0.2) is 29.3 Å². The van der Waals surface area contributed by atoms with Crippen molar-refractivity contribution in [1.29, 1.82) is 0 Å². The van der Waals surface area contributed by atoms with Crippen molar-refractivity contribution in [3.8, 4) is 0 Å². The highest BCUT2D eigenvalue weighted by molar-refractivity contribution is 6.28. The van der Waals surface area contributed by atoms with Crippen LogP contribution in [0.2, 0.25) is 0 Å². The fraction of sp³-hybridized carbons (Fsp3) is 0.500. The number of piperidine rings is 1. The normalized spacial score (nSPS) is 21.1. The number of nitrogens with two attached hydrogens (primary N) is 1. The summed E-state index contributed by atoms with van der Waals surface area (Å²) >= 11 is 5.61. The van der Waals surface area contributed by atoms with E-state index in [9.17, 15) is 0 Å². The quantitative estimate of drug-likeness (QED) is 0.518. The van der Waals surface area contributed by atoms with Gasteiger partial charge in [-0.05, 0) is 50.5 Å². The second-order valence-electron chi connectivity index (χ2n) is 4.79. The summed E-state index contributed by atoms with van der Waals surface area (Å²) in [5, 5.41) is 0. The molecule has 0 aliphatic carbocycles. The number of anilines is 1. The maximum absolute atomic E-state index is 5.62. The van der Waals surface area contributed by atoms with Gasteiger partial charge in [0.15, 0.2) is 0 Å². The predicted octanol–water partition coefficient (Wildman–Crippen LogP) is 3.29. The Morgan fingerprint density at radius 1 is 1.39 bits per heavy atom. The molecule has 2 rings (SSSR count). The molecular formula is C14H20ClN3. The van der Waals surface area contributed by atoms with Crippen LogP contribution in [0.5, 0.6) is 0 Å². The number of hydrogen-bond acceptors (Lipinski definition) is 2. The monoisotopic (exact) mass is 265 g/mol. The molecule has 1 atom stereocenters. The van der Waals surface area contributed by atoms with Crippen molar-refractivity contribution >= 4 is 28.8 Å². The van der Waals surface area contributed by atoms with Gasteiger partial charge in [-0.25, -0.2) is 4.99 Å². The lowest BCUT2D eigenvalue weighted by Gasteiger charge is -2.35. The molecule has 0 saturated carbocycles. The lowest BCUT2D eigenvalue weighted by molar-refractivity contribution is 0.485. The minimum absolute atomic E-state index is 0.269. The molecule has 1 aromatic rings. The second kappa shape index (κ2) is 6.10. The fourth-order valence-corrected chi connectivity index (χ4v) is 2.46. The molecule has 0 aromatic heterocycles. The molecule has 18 heavy (non-hydrogen) atoms. The van der Waals surface area contributed by atoms with Gasteiger partial charge < -0.3 is 10.6 Å². The summed E-state index contributed by atoms with van der Waals surface area (Å²) in [6, 6.07) is 8.84. The largest absolute Gasteiger partial charge is 0.386 e. The summed E-state index contributed by atoms with van der Waals surface area (Å²) in [6.45, 7) is 3.43. The third kappa shape index (κ3) is 3.16. The van der Waals surface area contributed by atoms with Crippen LogP contribution in [0.3, 0.4) is 0 Å². The molecule has 4 heteroatoms. The van der Waals surface area contributed by atoms with Crippen molar-refractivity contribution in [2.45, 2.75) is 32.2 Å². The van der Waals surface area contributed by atoms with Crippen LogP contribution in [0.1, 0.15) is 26.2 Å². The Morgan fingerprint density at radius 2 is 2.11 bits per heavy atom. The molecule has 0 bridgehead atoms. The Balaban J connectivity index is 2.11. The Labute approximate surface area is 114 Å². The molecule has 1 aliphatic rings. The maximum Gasteiger partial charge on any atom is 0.115 e. The number of amidine groups is 1. The molecule has 0 amide bonds. The van der Waals surface area contributed by atoms with Crippen LogP contribution >= 0.6 is 11.6 Å². The maximum atomic E-state index is 5.62. The van der Waals surface area contributed by atoms with Gasteiger partial charge in [0.2, 0.25) is 0 Å². The summed E-state index contributed by atoms with van der Waals surface area (Å²) in [6.07, 6.45) is 3.90. The summed E-state index contributed by atoms with van der Waals surface area (Å²) < 4.78 is 0. The van der Waals surface area contributed by atoms with Crippen molar-refractivity contribution in [2.75, 3.05) is 17.3 Å². The number of nitrogens with zero attached hydrogens (tertiary/aromatic N) is 2. The average Bonchev–Trinajstić information content (AvgIpc) is 2.40. The van der Waals surface area contributed by atoms with E-state index in [4.69, 9.17) is 17.3 Å². The minimum atomic E-state index is 0.269. The van der Waals surface area contributed by atoms with Gasteiger partial charge >= 0.3 is 0 Å². The first kappa shape index (κ1) is 13.2. The van der Waals surface area contributed by atoms with Crippen LogP contribution in [-0.2, 0) is 0 Å². The van der Waals surface area contributed by atoms with Gasteiger partial charge in [0, 0.05) is 18.3 Å². The zero-order valence-electron chi connectivity index (χ0n) is 10.8. The second-order valence-corrected chi connectivity index (χ2v) is 5.06. The van der Waals surface area contributed by atoms with Gasteiger partial charge in [-0.3, -0.25) is 0 Å². The van der Waals surface area contributed by atoms with Crippen LogP contribution in [0.25, 0.3) is 0 Å². The van der Waals surface area contributed by atoms with Crippen LogP contribution in [0.4, 0.5) is 11.4 Å². The third-order valence-corrected chi connectivity index (χ3v) is 3.67. The number of halogens is 1. The van der Waals surface area contributed by atoms with Gasteiger partial charge in [-0.15, -0.1) is 11.6 Å². The van der Waals surface area contributed by atoms with Crippen molar-refractivity contribution < 1.29 is 0 Å². The molecule has 0 radical (unpaired) electrons. The van der Waals surface area contributed by atoms with E-state index in [-0.39, 0.29) is 5.88 Å².